The minimum atomic E-state index is 0. The van der Waals surface area contributed by atoms with Gasteiger partial charge in [-0.15, -0.1) is 24.0 Å². The van der Waals surface area contributed by atoms with Crippen LogP contribution in [0.2, 0.25) is 5.02 Å². The highest BCUT2D eigenvalue weighted by Gasteiger charge is 2.21. The molecule has 0 saturated carbocycles. The first kappa shape index (κ1) is 19.5. The van der Waals surface area contributed by atoms with Crippen molar-refractivity contribution in [1.82, 2.24) is 15.1 Å². The average molecular weight is 437 g/mol. The van der Waals surface area contributed by atoms with E-state index >= 15 is 0 Å². The number of halogens is 2. The van der Waals surface area contributed by atoms with Gasteiger partial charge in [0.1, 0.15) is 0 Å². The molecule has 1 heterocycles. The Labute approximate surface area is 155 Å². The molecule has 1 N–H and O–H groups in total. The summed E-state index contributed by atoms with van der Waals surface area (Å²) in [6.45, 7) is 2.94. The summed E-state index contributed by atoms with van der Waals surface area (Å²) in [5.41, 5.74) is 1.19. The smallest absolute Gasteiger partial charge is 0.193 e. The van der Waals surface area contributed by atoms with E-state index in [1.165, 1.54) is 24.9 Å². The monoisotopic (exact) mass is 436 g/mol. The fourth-order valence-electron chi connectivity index (χ4n) is 2.82. The molecule has 0 radical (unpaired) electrons. The maximum Gasteiger partial charge on any atom is 0.193 e. The molecular weight excluding hydrogens is 411 g/mol. The highest BCUT2D eigenvalue weighted by atomic mass is 127. The second-order valence-electron chi connectivity index (χ2n) is 5.69. The number of aliphatic imine (C=N–C) groups is 1. The molecule has 22 heavy (non-hydrogen) atoms. The standard InChI is InChI=1S/C16H25ClN4.HI/c1-18-16(19-11-15-8-5-9-20(15)2)21(3)12-13-6-4-7-14(17)10-13;/h4,6-7,10,15H,5,8-9,11-12H2,1-3H3,(H,18,19);1H. The summed E-state index contributed by atoms with van der Waals surface area (Å²) >= 11 is 6.04. The third-order valence-electron chi connectivity index (χ3n) is 4.05. The zero-order valence-electron chi connectivity index (χ0n) is 13.6. The van der Waals surface area contributed by atoms with Gasteiger partial charge in [0, 0.05) is 38.2 Å². The maximum absolute atomic E-state index is 6.04. The van der Waals surface area contributed by atoms with Crippen LogP contribution in [0.15, 0.2) is 29.3 Å². The lowest BCUT2D eigenvalue weighted by Gasteiger charge is -2.25. The van der Waals surface area contributed by atoms with Crippen molar-refractivity contribution in [2.45, 2.75) is 25.4 Å². The number of guanidine groups is 1. The molecule has 0 aromatic heterocycles. The van der Waals surface area contributed by atoms with Crippen LogP contribution in [0.25, 0.3) is 0 Å². The van der Waals surface area contributed by atoms with Crippen LogP contribution in [0.1, 0.15) is 18.4 Å². The van der Waals surface area contributed by atoms with E-state index in [2.05, 4.69) is 40.3 Å². The van der Waals surface area contributed by atoms with Gasteiger partial charge >= 0.3 is 0 Å². The largest absolute Gasteiger partial charge is 0.355 e. The van der Waals surface area contributed by atoms with E-state index < -0.39 is 0 Å². The lowest BCUT2D eigenvalue weighted by molar-refractivity contribution is 0.306. The van der Waals surface area contributed by atoms with Crippen molar-refractivity contribution in [1.29, 1.82) is 0 Å². The number of likely N-dealkylation sites (N-methyl/N-ethyl adjacent to an activating group) is 1. The molecule has 1 saturated heterocycles. The van der Waals surface area contributed by atoms with Gasteiger partial charge in [0.25, 0.3) is 0 Å². The Balaban J connectivity index is 0.00000242. The predicted octanol–water partition coefficient (Wildman–Crippen LogP) is 3.06. The van der Waals surface area contributed by atoms with Crippen molar-refractivity contribution in [2.75, 3.05) is 34.2 Å². The Morgan fingerprint density at radius 3 is 2.86 bits per heavy atom. The summed E-state index contributed by atoms with van der Waals surface area (Å²) in [6, 6.07) is 8.57. The highest BCUT2D eigenvalue weighted by molar-refractivity contribution is 14.0. The molecule has 1 aromatic carbocycles. The number of hydrogen-bond acceptors (Lipinski definition) is 2. The van der Waals surface area contributed by atoms with Crippen molar-refractivity contribution in [2.24, 2.45) is 4.99 Å². The molecule has 0 aliphatic carbocycles. The summed E-state index contributed by atoms with van der Waals surface area (Å²) in [5, 5.41) is 4.25. The fraction of sp³-hybridized carbons (Fsp3) is 0.562. The fourth-order valence-corrected chi connectivity index (χ4v) is 3.03. The Kier molecular flexibility index (Phi) is 8.49. The van der Waals surface area contributed by atoms with E-state index in [1.807, 2.05) is 25.2 Å². The number of benzene rings is 1. The molecule has 1 fully saturated rings. The molecule has 2 rings (SSSR count). The van der Waals surface area contributed by atoms with Gasteiger partial charge in [-0.1, -0.05) is 23.7 Å². The van der Waals surface area contributed by atoms with Gasteiger partial charge in [-0.25, -0.2) is 0 Å². The Bertz CT molecular complexity index is 495. The van der Waals surface area contributed by atoms with Crippen molar-refractivity contribution in [3.63, 3.8) is 0 Å². The maximum atomic E-state index is 6.04. The summed E-state index contributed by atoms with van der Waals surface area (Å²) in [4.78, 5) is 8.91. The SMILES string of the molecule is CN=C(NCC1CCCN1C)N(C)Cc1cccc(Cl)c1.I. The second-order valence-corrected chi connectivity index (χ2v) is 6.13. The van der Waals surface area contributed by atoms with Crippen molar-refractivity contribution < 1.29 is 0 Å². The quantitative estimate of drug-likeness (QED) is 0.447. The number of hydrogen-bond donors (Lipinski definition) is 1. The number of rotatable bonds is 4. The Morgan fingerprint density at radius 2 is 2.27 bits per heavy atom. The van der Waals surface area contributed by atoms with Crippen LogP contribution >= 0.6 is 35.6 Å². The number of likely N-dealkylation sites (tertiary alicyclic amines) is 1. The molecule has 1 aliphatic rings. The normalized spacial score (nSPS) is 18.9. The molecular formula is C16H26ClIN4. The molecule has 0 spiro atoms. The Morgan fingerprint density at radius 1 is 1.50 bits per heavy atom. The van der Waals surface area contributed by atoms with Crippen LogP contribution in [-0.2, 0) is 6.54 Å². The van der Waals surface area contributed by atoms with Gasteiger partial charge < -0.3 is 15.1 Å². The molecule has 1 atom stereocenters. The third-order valence-corrected chi connectivity index (χ3v) is 4.28. The lowest BCUT2D eigenvalue weighted by atomic mass is 10.2. The first-order chi connectivity index (χ1) is 10.1. The number of nitrogens with zero attached hydrogens (tertiary/aromatic N) is 3. The first-order valence-corrected chi connectivity index (χ1v) is 7.84. The molecule has 0 bridgehead atoms. The third kappa shape index (κ3) is 5.59. The minimum Gasteiger partial charge on any atom is -0.355 e. The lowest BCUT2D eigenvalue weighted by Crippen LogP contribution is -2.44. The summed E-state index contributed by atoms with van der Waals surface area (Å²) in [7, 11) is 6.07. The molecule has 1 unspecified atom stereocenters. The summed E-state index contributed by atoms with van der Waals surface area (Å²) in [6.07, 6.45) is 2.55. The van der Waals surface area contributed by atoms with Gasteiger partial charge in [0.15, 0.2) is 5.96 Å². The van der Waals surface area contributed by atoms with E-state index in [0.717, 1.165) is 24.1 Å². The van der Waals surface area contributed by atoms with Gasteiger partial charge in [0.05, 0.1) is 0 Å². The van der Waals surface area contributed by atoms with Gasteiger partial charge in [-0.3, -0.25) is 4.99 Å². The van der Waals surface area contributed by atoms with Crippen LogP contribution < -0.4 is 5.32 Å². The van der Waals surface area contributed by atoms with Crippen LogP contribution in [0, 0.1) is 0 Å². The molecule has 0 amide bonds. The summed E-state index contributed by atoms with van der Waals surface area (Å²) < 4.78 is 0. The van der Waals surface area contributed by atoms with Crippen molar-refractivity contribution in [3.05, 3.63) is 34.9 Å². The molecule has 1 aliphatic heterocycles. The van der Waals surface area contributed by atoms with Crippen LogP contribution in [0.5, 0.6) is 0 Å². The van der Waals surface area contributed by atoms with E-state index in [1.54, 1.807) is 0 Å². The van der Waals surface area contributed by atoms with Crippen LogP contribution in [0.3, 0.4) is 0 Å². The van der Waals surface area contributed by atoms with Crippen LogP contribution in [-0.4, -0.2) is 56.0 Å². The molecule has 1 aromatic rings. The van der Waals surface area contributed by atoms with E-state index in [0.29, 0.717) is 6.04 Å². The Hall–Kier alpha value is -0.530. The highest BCUT2D eigenvalue weighted by Crippen LogP contribution is 2.14. The molecule has 124 valence electrons. The topological polar surface area (TPSA) is 30.9 Å². The minimum absolute atomic E-state index is 0. The predicted molar refractivity (Wildman–Crippen MR) is 105 cm³/mol. The van der Waals surface area contributed by atoms with E-state index in [9.17, 15) is 0 Å². The van der Waals surface area contributed by atoms with E-state index in [4.69, 9.17) is 11.6 Å². The zero-order valence-corrected chi connectivity index (χ0v) is 16.6. The van der Waals surface area contributed by atoms with Gasteiger partial charge in [-0.2, -0.15) is 0 Å². The second kappa shape index (κ2) is 9.57. The summed E-state index contributed by atoms with van der Waals surface area (Å²) in [5.74, 6) is 0.926. The van der Waals surface area contributed by atoms with Crippen molar-refractivity contribution in [3.8, 4) is 0 Å². The molecule has 6 heteroatoms. The average Bonchev–Trinajstić information content (AvgIpc) is 2.85. The van der Waals surface area contributed by atoms with Gasteiger partial charge in [0.2, 0.25) is 0 Å². The van der Waals surface area contributed by atoms with Gasteiger partial charge in [-0.05, 0) is 44.1 Å². The first-order valence-electron chi connectivity index (χ1n) is 7.46. The van der Waals surface area contributed by atoms with E-state index in [-0.39, 0.29) is 24.0 Å². The zero-order chi connectivity index (χ0) is 15.2. The van der Waals surface area contributed by atoms with Crippen LogP contribution in [0.4, 0.5) is 0 Å². The van der Waals surface area contributed by atoms with Crippen molar-refractivity contribution >= 4 is 41.5 Å². The number of nitrogens with one attached hydrogen (secondary N) is 1. The molecule has 4 nitrogen and oxygen atoms in total.